The third-order valence-electron chi connectivity index (χ3n) is 5.99. The number of carbonyl (C=O) groups excluding carboxylic acids is 2. The van der Waals surface area contributed by atoms with Crippen molar-refractivity contribution in [1.29, 1.82) is 0 Å². The van der Waals surface area contributed by atoms with Crippen LogP contribution in [0.15, 0.2) is 48.5 Å². The maximum Gasteiger partial charge on any atom is 0.231 e. The number of anilines is 1. The summed E-state index contributed by atoms with van der Waals surface area (Å²) in [7, 11) is 0. The summed E-state index contributed by atoms with van der Waals surface area (Å²) < 4.78 is 13.7. The predicted molar refractivity (Wildman–Crippen MR) is 106 cm³/mol. The molecule has 2 saturated carbocycles. The SMILES string of the molecule is CC(NC(=O)C1(c2cccc(F)c2)CCC1)c1ccc(NC(=O)C2CC2)cc1. The molecule has 2 aliphatic rings. The fraction of sp³-hybridized carbons (Fsp3) is 0.391. The van der Waals surface area contributed by atoms with E-state index in [1.165, 1.54) is 12.1 Å². The molecule has 2 aromatic carbocycles. The largest absolute Gasteiger partial charge is 0.349 e. The van der Waals surface area contributed by atoms with Gasteiger partial charge in [0, 0.05) is 11.6 Å². The second-order valence-corrected chi connectivity index (χ2v) is 8.03. The van der Waals surface area contributed by atoms with Crippen molar-refractivity contribution in [3.05, 3.63) is 65.5 Å². The molecule has 28 heavy (non-hydrogen) atoms. The lowest BCUT2D eigenvalue weighted by molar-refractivity contribution is -0.130. The van der Waals surface area contributed by atoms with Gasteiger partial charge in [-0.3, -0.25) is 9.59 Å². The molecule has 2 fully saturated rings. The number of hydrogen-bond donors (Lipinski definition) is 2. The number of halogens is 1. The minimum absolute atomic E-state index is 0.0528. The molecule has 1 atom stereocenters. The summed E-state index contributed by atoms with van der Waals surface area (Å²) in [5.41, 5.74) is 1.86. The summed E-state index contributed by atoms with van der Waals surface area (Å²) in [6.07, 6.45) is 4.39. The van der Waals surface area contributed by atoms with E-state index >= 15 is 0 Å². The van der Waals surface area contributed by atoms with Gasteiger partial charge in [-0.1, -0.05) is 30.7 Å². The van der Waals surface area contributed by atoms with Crippen LogP contribution in [0.4, 0.5) is 10.1 Å². The van der Waals surface area contributed by atoms with Crippen LogP contribution in [0.5, 0.6) is 0 Å². The van der Waals surface area contributed by atoms with E-state index in [-0.39, 0.29) is 29.6 Å². The summed E-state index contributed by atoms with van der Waals surface area (Å²) in [4.78, 5) is 24.9. The highest BCUT2D eigenvalue weighted by atomic mass is 19.1. The van der Waals surface area contributed by atoms with E-state index in [0.29, 0.717) is 0 Å². The molecule has 0 aromatic heterocycles. The lowest BCUT2D eigenvalue weighted by Gasteiger charge is -2.41. The monoisotopic (exact) mass is 380 g/mol. The van der Waals surface area contributed by atoms with Crippen LogP contribution >= 0.6 is 0 Å². The summed E-state index contributed by atoms with van der Waals surface area (Å²) in [6.45, 7) is 1.94. The molecule has 2 aromatic rings. The van der Waals surface area contributed by atoms with Crippen molar-refractivity contribution in [1.82, 2.24) is 5.32 Å². The molecule has 0 radical (unpaired) electrons. The highest BCUT2D eigenvalue weighted by Crippen LogP contribution is 2.44. The van der Waals surface area contributed by atoms with Crippen LogP contribution in [0, 0.1) is 11.7 Å². The molecule has 5 heteroatoms. The molecule has 0 heterocycles. The zero-order valence-corrected chi connectivity index (χ0v) is 16.0. The Balaban J connectivity index is 1.43. The van der Waals surface area contributed by atoms with E-state index in [4.69, 9.17) is 0 Å². The van der Waals surface area contributed by atoms with Crippen LogP contribution in [-0.4, -0.2) is 11.8 Å². The Morgan fingerprint density at radius 3 is 2.39 bits per heavy atom. The highest BCUT2D eigenvalue weighted by molar-refractivity contribution is 5.94. The van der Waals surface area contributed by atoms with Crippen molar-refractivity contribution >= 4 is 17.5 Å². The molecule has 0 bridgehead atoms. The van der Waals surface area contributed by atoms with Gasteiger partial charge in [0.15, 0.2) is 0 Å². The molecule has 2 aliphatic carbocycles. The fourth-order valence-corrected chi connectivity index (χ4v) is 3.83. The maximum absolute atomic E-state index is 13.7. The van der Waals surface area contributed by atoms with E-state index < -0.39 is 5.41 Å². The molecule has 2 amide bonds. The Kier molecular flexibility index (Phi) is 4.92. The van der Waals surface area contributed by atoms with E-state index in [1.807, 2.05) is 37.3 Å². The number of nitrogens with one attached hydrogen (secondary N) is 2. The Labute approximate surface area is 164 Å². The van der Waals surface area contributed by atoms with Crippen LogP contribution in [0.1, 0.15) is 56.2 Å². The quantitative estimate of drug-likeness (QED) is 0.777. The molecule has 4 nitrogen and oxygen atoms in total. The Bertz CT molecular complexity index is 886. The molecule has 2 N–H and O–H groups in total. The lowest BCUT2D eigenvalue weighted by Crippen LogP contribution is -2.49. The molecule has 0 aliphatic heterocycles. The van der Waals surface area contributed by atoms with Gasteiger partial charge in [0.2, 0.25) is 11.8 Å². The standard InChI is InChI=1S/C23H25FN2O2/c1-15(16-8-10-20(11-9-16)26-21(27)17-6-7-17)25-22(28)23(12-3-13-23)18-4-2-5-19(24)14-18/h2,4-5,8-11,14-15,17H,3,6-7,12-13H2,1H3,(H,25,28)(H,26,27). The van der Waals surface area contributed by atoms with Gasteiger partial charge in [0.05, 0.1) is 11.5 Å². The average Bonchev–Trinajstić information content (AvgIpc) is 3.46. The van der Waals surface area contributed by atoms with Gasteiger partial charge in [0.1, 0.15) is 5.82 Å². The van der Waals surface area contributed by atoms with Crippen molar-refractivity contribution in [2.75, 3.05) is 5.32 Å². The Hall–Kier alpha value is -2.69. The number of amides is 2. The normalized spacial score (nSPS) is 18.6. The van der Waals surface area contributed by atoms with Gasteiger partial charge in [-0.2, -0.15) is 0 Å². The summed E-state index contributed by atoms with van der Waals surface area (Å²) >= 11 is 0. The molecule has 0 spiro atoms. The zero-order chi connectivity index (χ0) is 19.7. The van der Waals surface area contributed by atoms with Crippen molar-refractivity contribution in [3.8, 4) is 0 Å². The van der Waals surface area contributed by atoms with E-state index in [9.17, 15) is 14.0 Å². The van der Waals surface area contributed by atoms with Crippen molar-refractivity contribution in [2.45, 2.75) is 50.5 Å². The van der Waals surface area contributed by atoms with Gasteiger partial charge < -0.3 is 10.6 Å². The first-order valence-electron chi connectivity index (χ1n) is 9.96. The molecule has 1 unspecified atom stereocenters. The summed E-state index contributed by atoms with van der Waals surface area (Å²) in [5.74, 6) is -0.119. The Morgan fingerprint density at radius 1 is 1.11 bits per heavy atom. The number of rotatable bonds is 6. The molecular formula is C23H25FN2O2. The van der Waals surface area contributed by atoms with Crippen LogP contribution in [0.3, 0.4) is 0 Å². The summed E-state index contributed by atoms with van der Waals surface area (Å²) in [5, 5.41) is 6.01. The van der Waals surface area contributed by atoms with Crippen LogP contribution < -0.4 is 10.6 Å². The van der Waals surface area contributed by atoms with E-state index in [1.54, 1.807) is 6.07 Å². The Morgan fingerprint density at radius 2 is 1.82 bits per heavy atom. The number of benzene rings is 2. The second-order valence-electron chi connectivity index (χ2n) is 8.03. The van der Waals surface area contributed by atoms with Gasteiger partial charge in [-0.05, 0) is 68.0 Å². The maximum atomic E-state index is 13.7. The highest BCUT2D eigenvalue weighted by Gasteiger charge is 2.46. The molecular weight excluding hydrogens is 355 g/mol. The minimum atomic E-state index is -0.630. The van der Waals surface area contributed by atoms with E-state index in [0.717, 1.165) is 48.9 Å². The smallest absolute Gasteiger partial charge is 0.231 e. The average molecular weight is 380 g/mol. The fourth-order valence-electron chi connectivity index (χ4n) is 3.83. The minimum Gasteiger partial charge on any atom is -0.349 e. The lowest BCUT2D eigenvalue weighted by atomic mass is 9.63. The van der Waals surface area contributed by atoms with Crippen molar-refractivity contribution in [2.24, 2.45) is 5.92 Å². The first-order valence-corrected chi connectivity index (χ1v) is 9.96. The van der Waals surface area contributed by atoms with Gasteiger partial charge in [-0.25, -0.2) is 4.39 Å². The second kappa shape index (κ2) is 7.38. The van der Waals surface area contributed by atoms with Gasteiger partial charge >= 0.3 is 0 Å². The third kappa shape index (κ3) is 3.66. The number of hydrogen-bond acceptors (Lipinski definition) is 2. The molecule has 146 valence electrons. The zero-order valence-electron chi connectivity index (χ0n) is 16.0. The number of carbonyl (C=O) groups is 2. The molecule has 4 rings (SSSR count). The van der Waals surface area contributed by atoms with Crippen molar-refractivity contribution < 1.29 is 14.0 Å². The molecule has 0 saturated heterocycles. The predicted octanol–water partition coefficient (Wildman–Crippen LogP) is 4.47. The summed E-state index contributed by atoms with van der Waals surface area (Å²) in [6, 6.07) is 13.8. The first kappa shape index (κ1) is 18.7. The van der Waals surface area contributed by atoms with Crippen LogP contribution in [-0.2, 0) is 15.0 Å². The van der Waals surface area contributed by atoms with Crippen molar-refractivity contribution in [3.63, 3.8) is 0 Å². The van der Waals surface area contributed by atoms with Crippen LogP contribution in [0.25, 0.3) is 0 Å². The first-order chi connectivity index (χ1) is 13.5. The van der Waals surface area contributed by atoms with Crippen LogP contribution in [0.2, 0.25) is 0 Å². The van der Waals surface area contributed by atoms with Gasteiger partial charge in [-0.15, -0.1) is 0 Å². The van der Waals surface area contributed by atoms with Gasteiger partial charge in [0.25, 0.3) is 0 Å². The topological polar surface area (TPSA) is 58.2 Å². The third-order valence-corrected chi connectivity index (χ3v) is 5.99. The van der Waals surface area contributed by atoms with E-state index in [2.05, 4.69) is 10.6 Å².